The second-order valence-electron chi connectivity index (χ2n) is 7.32. The number of nitro groups is 1. The van der Waals surface area contributed by atoms with Crippen molar-refractivity contribution in [3.05, 3.63) is 76.6 Å². The Morgan fingerprint density at radius 3 is 2.65 bits per heavy atom. The van der Waals surface area contributed by atoms with E-state index in [1.54, 1.807) is 24.4 Å². The number of carbonyl (C=O) groups excluding carboxylic acids is 1. The van der Waals surface area contributed by atoms with E-state index in [2.05, 4.69) is 11.1 Å². The van der Waals surface area contributed by atoms with Crippen molar-refractivity contribution in [3.63, 3.8) is 0 Å². The average molecular weight is 438 g/mol. The quantitative estimate of drug-likeness (QED) is 0.333. The highest BCUT2D eigenvalue weighted by Crippen LogP contribution is 2.28. The number of carbonyl (C=O) groups is 1. The number of rotatable bonds is 6. The second-order valence-corrected chi connectivity index (χ2v) is 8.26. The van der Waals surface area contributed by atoms with Gasteiger partial charge in [-0.05, 0) is 30.7 Å². The van der Waals surface area contributed by atoms with Crippen LogP contribution in [0.2, 0.25) is 0 Å². The van der Waals surface area contributed by atoms with Gasteiger partial charge in [0.15, 0.2) is 5.16 Å². The maximum atomic E-state index is 12.8. The molecular formula is C22H23N5O3S. The molecule has 0 unspecified atom stereocenters. The molecule has 2 heterocycles. The van der Waals surface area contributed by atoms with Crippen molar-refractivity contribution >= 4 is 29.0 Å². The molecule has 9 heteroatoms. The molecule has 4 rings (SSSR count). The largest absolute Gasteiger partial charge is 0.362 e. The van der Waals surface area contributed by atoms with Crippen LogP contribution >= 0.6 is 11.8 Å². The van der Waals surface area contributed by atoms with Crippen molar-refractivity contribution in [1.82, 2.24) is 14.5 Å². The minimum atomic E-state index is -0.361. The third kappa shape index (κ3) is 4.72. The minimum absolute atomic E-state index is 0.0472. The summed E-state index contributed by atoms with van der Waals surface area (Å²) < 4.78 is 1.98. The van der Waals surface area contributed by atoms with Crippen LogP contribution in [0.5, 0.6) is 0 Å². The molecule has 0 aliphatic carbocycles. The molecular weight excluding hydrogens is 414 g/mol. The minimum Gasteiger partial charge on any atom is -0.362 e. The number of nitrogens with zero attached hydrogens (tertiary/aromatic N) is 5. The summed E-state index contributed by atoms with van der Waals surface area (Å²) in [4.78, 5) is 31.9. The van der Waals surface area contributed by atoms with Gasteiger partial charge < -0.3 is 9.80 Å². The molecule has 0 bridgehead atoms. The molecule has 0 radical (unpaired) electrons. The van der Waals surface area contributed by atoms with Gasteiger partial charge in [-0.3, -0.25) is 19.5 Å². The molecule has 8 nitrogen and oxygen atoms in total. The smallest absolute Gasteiger partial charge is 0.292 e. The van der Waals surface area contributed by atoms with Crippen molar-refractivity contribution in [2.45, 2.75) is 12.1 Å². The van der Waals surface area contributed by atoms with Gasteiger partial charge in [-0.15, -0.1) is 0 Å². The number of anilines is 1. The fraction of sp³-hybridized carbons (Fsp3) is 0.273. The summed E-state index contributed by atoms with van der Waals surface area (Å²) in [5.74, 6) is 0.347. The number of benzene rings is 2. The third-order valence-corrected chi connectivity index (χ3v) is 6.21. The number of aryl methyl sites for hydroxylation is 1. The molecule has 1 aliphatic rings. The molecule has 3 aromatic rings. The highest BCUT2D eigenvalue weighted by Gasteiger charge is 2.25. The van der Waals surface area contributed by atoms with Gasteiger partial charge in [-0.25, -0.2) is 4.98 Å². The Labute approximate surface area is 184 Å². The monoisotopic (exact) mass is 437 g/mol. The normalized spacial score (nSPS) is 14.0. The highest BCUT2D eigenvalue weighted by molar-refractivity contribution is 7.99. The first-order valence-corrected chi connectivity index (χ1v) is 11.0. The van der Waals surface area contributed by atoms with Gasteiger partial charge in [0, 0.05) is 50.3 Å². The van der Waals surface area contributed by atoms with Crippen LogP contribution in [-0.4, -0.2) is 57.2 Å². The first kappa shape index (κ1) is 20.9. The maximum absolute atomic E-state index is 12.8. The first-order chi connectivity index (χ1) is 15.0. The predicted octanol–water partition coefficient (Wildman–Crippen LogP) is 3.53. The lowest BCUT2D eigenvalue weighted by atomic mass is 10.2. The maximum Gasteiger partial charge on any atom is 0.292 e. The standard InChI is InChI=1S/C22H23N5O3S/c1-17-5-4-6-18(15-17)26-10-9-23-22(26)31-16-21(28)25-13-11-24(12-14-25)19-7-2-3-8-20(19)27(29)30/h2-10,15H,11-14,16H2,1H3. The van der Waals surface area contributed by atoms with Crippen LogP contribution in [0, 0.1) is 17.0 Å². The van der Waals surface area contributed by atoms with Crippen LogP contribution < -0.4 is 4.90 Å². The predicted molar refractivity (Wildman–Crippen MR) is 121 cm³/mol. The zero-order valence-electron chi connectivity index (χ0n) is 17.2. The Hall–Kier alpha value is -3.33. The van der Waals surface area contributed by atoms with Gasteiger partial charge >= 0.3 is 0 Å². The number of thioether (sulfide) groups is 1. The SMILES string of the molecule is Cc1cccc(-n2ccnc2SCC(=O)N2CCN(c3ccccc3[N+](=O)[O-])CC2)c1. The van der Waals surface area contributed by atoms with Gasteiger partial charge in [-0.2, -0.15) is 0 Å². The molecule has 1 amide bonds. The fourth-order valence-corrected chi connectivity index (χ4v) is 4.55. The van der Waals surface area contributed by atoms with Crippen molar-refractivity contribution in [3.8, 4) is 5.69 Å². The number of hydrogen-bond acceptors (Lipinski definition) is 6. The number of aromatic nitrogens is 2. The van der Waals surface area contributed by atoms with E-state index in [1.165, 1.54) is 17.8 Å². The molecule has 1 fully saturated rings. The van der Waals surface area contributed by atoms with E-state index in [-0.39, 0.29) is 16.5 Å². The van der Waals surface area contributed by atoms with Gasteiger partial charge in [0.05, 0.1) is 10.7 Å². The molecule has 1 saturated heterocycles. The third-order valence-electron chi connectivity index (χ3n) is 5.26. The highest BCUT2D eigenvalue weighted by atomic mass is 32.2. The average Bonchev–Trinajstić information content (AvgIpc) is 3.26. The number of nitro benzene ring substituents is 1. The molecule has 160 valence electrons. The molecule has 0 saturated carbocycles. The van der Waals surface area contributed by atoms with Crippen molar-refractivity contribution in [2.75, 3.05) is 36.8 Å². The lowest BCUT2D eigenvalue weighted by Gasteiger charge is -2.35. The number of amides is 1. The lowest BCUT2D eigenvalue weighted by Crippen LogP contribution is -2.49. The molecule has 31 heavy (non-hydrogen) atoms. The molecule has 0 atom stereocenters. The number of imidazole rings is 1. The summed E-state index contributed by atoms with van der Waals surface area (Å²) in [6, 6.07) is 14.9. The van der Waals surface area contributed by atoms with Gasteiger partial charge in [0.25, 0.3) is 5.69 Å². The Morgan fingerprint density at radius 1 is 1.13 bits per heavy atom. The zero-order chi connectivity index (χ0) is 21.8. The number of piperazine rings is 1. The molecule has 0 N–H and O–H groups in total. The van der Waals surface area contributed by atoms with Gasteiger partial charge in [0.2, 0.25) is 5.91 Å². The summed E-state index contributed by atoms with van der Waals surface area (Å²) in [5.41, 5.74) is 2.88. The van der Waals surface area contributed by atoms with E-state index in [4.69, 9.17) is 0 Å². The fourth-order valence-electron chi connectivity index (χ4n) is 3.67. The molecule has 2 aromatic carbocycles. The van der Waals surface area contributed by atoms with Crippen molar-refractivity contribution in [1.29, 1.82) is 0 Å². The van der Waals surface area contributed by atoms with E-state index >= 15 is 0 Å². The molecule has 0 spiro atoms. The Kier molecular flexibility index (Phi) is 6.22. The van der Waals surface area contributed by atoms with Crippen molar-refractivity contribution in [2.24, 2.45) is 0 Å². The lowest BCUT2D eigenvalue weighted by molar-refractivity contribution is -0.384. The summed E-state index contributed by atoms with van der Waals surface area (Å²) in [6.45, 7) is 4.26. The van der Waals surface area contributed by atoms with Crippen LogP contribution in [-0.2, 0) is 4.79 Å². The van der Waals surface area contributed by atoms with E-state index in [1.807, 2.05) is 45.7 Å². The summed E-state index contributed by atoms with van der Waals surface area (Å²) in [7, 11) is 0. The number of para-hydroxylation sites is 2. The Bertz CT molecular complexity index is 1090. The summed E-state index contributed by atoms with van der Waals surface area (Å²) in [6.07, 6.45) is 3.63. The van der Waals surface area contributed by atoms with E-state index in [9.17, 15) is 14.9 Å². The second kappa shape index (κ2) is 9.22. The van der Waals surface area contributed by atoms with Crippen molar-refractivity contribution < 1.29 is 9.72 Å². The number of hydrogen-bond donors (Lipinski definition) is 0. The molecule has 1 aliphatic heterocycles. The van der Waals surface area contributed by atoms with Crippen LogP contribution in [0.4, 0.5) is 11.4 Å². The summed E-state index contributed by atoms with van der Waals surface area (Å²) in [5, 5.41) is 12.1. The summed E-state index contributed by atoms with van der Waals surface area (Å²) >= 11 is 1.42. The Morgan fingerprint density at radius 2 is 1.90 bits per heavy atom. The first-order valence-electron chi connectivity index (χ1n) is 10.0. The van der Waals surface area contributed by atoms with Crippen LogP contribution in [0.15, 0.2) is 66.1 Å². The van der Waals surface area contributed by atoms with E-state index in [0.717, 1.165) is 16.4 Å². The van der Waals surface area contributed by atoms with Crippen LogP contribution in [0.3, 0.4) is 0 Å². The molecule has 1 aromatic heterocycles. The zero-order valence-corrected chi connectivity index (χ0v) is 18.0. The van der Waals surface area contributed by atoms with E-state index < -0.39 is 0 Å². The van der Waals surface area contributed by atoms with Crippen LogP contribution in [0.1, 0.15) is 5.56 Å². The van der Waals surface area contributed by atoms with Crippen LogP contribution in [0.25, 0.3) is 5.69 Å². The Balaban J connectivity index is 1.35. The van der Waals surface area contributed by atoms with E-state index in [0.29, 0.717) is 37.6 Å². The van der Waals surface area contributed by atoms with Gasteiger partial charge in [-0.1, -0.05) is 36.0 Å². The van der Waals surface area contributed by atoms with Gasteiger partial charge in [0.1, 0.15) is 5.69 Å². The topological polar surface area (TPSA) is 84.5 Å².